The minimum atomic E-state index is -3.07. The Bertz CT molecular complexity index is 1190. The zero-order valence-electron chi connectivity index (χ0n) is 16.1. The first-order valence-electron chi connectivity index (χ1n) is 8.98. The number of hydrogen-bond acceptors (Lipinski definition) is 6. The molecule has 0 aliphatic heterocycles. The molecule has 8 nitrogen and oxygen atoms in total. The van der Waals surface area contributed by atoms with E-state index >= 15 is 0 Å². The molecule has 154 valence electrons. The lowest BCUT2D eigenvalue weighted by atomic mass is 10.1. The molecular weight excluding hydrogens is 396 g/mol. The summed E-state index contributed by atoms with van der Waals surface area (Å²) in [6.45, 7) is 2.72. The summed E-state index contributed by atoms with van der Waals surface area (Å²) in [4.78, 5) is 17.8. The highest BCUT2D eigenvalue weighted by molar-refractivity contribution is 6.05. The zero-order chi connectivity index (χ0) is 21.3. The van der Waals surface area contributed by atoms with Crippen molar-refractivity contribution in [2.75, 3.05) is 5.32 Å². The molecule has 1 N–H and O–H groups in total. The maximum absolute atomic E-state index is 13.3. The summed E-state index contributed by atoms with van der Waals surface area (Å²) in [5, 5.41) is 10.7. The Hall–Kier alpha value is -3.82. The number of alkyl halides is 2. The summed E-state index contributed by atoms with van der Waals surface area (Å²) in [5.74, 6) is -3.25. The Labute approximate surface area is 169 Å². The first kappa shape index (κ1) is 19.5. The maximum atomic E-state index is 13.3. The summed E-state index contributed by atoms with van der Waals surface area (Å²) in [6, 6.07) is 10.1. The molecule has 10 heteroatoms. The first-order valence-corrected chi connectivity index (χ1v) is 8.98. The van der Waals surface area contributed by atoms with Gasteiger partial charge in [-0.1, -0.05) is 23.8 Å². The van der Waals surface area contributed by atoms with Gasteiger partial charge in [-0.15, -0.1) is 5.10 Å². The average molecular weight is 413 g/mol. The van der Waals surface area contributed by atoms with Crippen molar-refractivity contribution in [3.63, 3.8) is 0 Å². The van der Waals surface area contributed by atoms with E-state index in [0.29, 0.717) is 5.76 Å². The average Bonchev–Trinajstić information content (AvgIpc) is 3.42. The molecule has 0 aliphatic carbocycles. The van der Waals surface area contributed by atoms with Crippen molar-refractivity contribution >= 4 is 11.7 Å². The van der Waals surface area contributed by atoms with Crippen LogP contribution >= 0.6 is 0 Å². The van der Waals surface area contributed by atoms with E-state index in [-0.39, 0.29) is 23.8 Å². The molecular formula is C20H17F2N5O3. The lowest BCUT2D eigenvalue weighted by molar-refractivity contribution is -0.00641. The fraction of sp³-hybridized carbons (Fsp3) is 0.200. The molecule has 0 aliphatic rings. The van der Waals surface area contributed by atoms with Crippen LogP contribution in [-0.4, -0.2) is 25.9 Å². The number of furan rings is 1. The van der Waals surface area contributed by atoms with E-state index in [2.05, 4.69) is 20.5 Å². The van der Waals surface area contributed by atoms with Gasteiger partial charge in [0.1, 0.15) is 12.3 Å². The van der Waals surface area contributed by atoms with E-state index in [9.17, 15) is 13.6 Å². The zero-order valence-corrected chi connectivity index (χ0v) is 16.1. The summed E-state index contributed by atoms with van der Waals surface area (Å²) in [5.41, 5.74) is 1.85. The monoisotopic (exact) mass is 413 g/mol. The number of carbonyl (C=O) groups is 1. The summed E-state index contributed by atoms with van der Waals surface area (Å²) in [7, 11) is 0. The summed E-state index contributed by atoms with van der Waals surface area (Å²) >= 11 is 0. The second kappa shape index (κ2) is 7.54. The van der Waals surface area contributed by atoms with Crippen LogP contribution in [0.5, 0.6) is 0 Å². The third-order valence-electron chi connectivity index (χ3n) is 4.23. The van der Waals surface area contributed by atoms with Gasteiger partial charge >= 0.3 is 5.92 Å². The third kappa shape index (κ3) is 4.12. The van der Waals surface area contributed by atoms with Crippen LogP contribution in [0.3, 0.4) is 0 Å². The van der Waals surface area contributed by atoms with Gasteiger partial charge in [0.15, 0.2) is 29.4 Å². The van der Waals surface area contributed by atoms with E-state index in [4.69, 9.17) is 8.83 Å². The van der Waals surface area contributed by atoms with E-state index in [1.54, 1.807) is 0 Å². The quantitative estimate of drug-likeness (QED) is 0.507. The first-order chi connectivity index (χ1) is 14.3. The number of hydrogen-bond donors (Lipinski definition) is 1. The molecule has 3 aromatic heterocycles. The molecule has 30 heavy (non-hydrogen) atoms. The van der Waals surface area contributed by atoms with Crippen molar-refractivity contribution < 1.29 is 22.4 Å². The number of oxazole rings is 1. The minimum Gasteiger partial charge on any atom is -0.458 e. The number of rotatable bonds is 6. The number of benzene rings is 1. The van der Waals surface area contributed by atoms with Crippen LogP contribution in [0.15, 0.2) is 57.8 Å². The molecule has 0 atom stereocenters. The molecule has 0 fully saturated rings. The van der Waals surface area contributed by atoms with Crippen molar-refractivity contribution in [3.8, 4) is 11.3 Å². The smallest absolute Gasteiger partial charge is 0.301 e. The van der Waals surface area contributed by atoms with Crippen LogP contribution in [0.2, 0.25) is 0 Å². The standard InChI is InChI=1S/C20H17F2N5O3/c1-12-4-3-5-13(8-12)18-17(23-11-29-18)19(28)25-16-9-24-27(26-16)10-14-6-7-15(30-14)20(2,21)22/h3-9,11H,10H2,1-2H3,(H,25,26,28). The molecule has 3 heterocycles. The Morgan fingerprint density at radius 1 is 1.27 bits per heavy atom. The van der Waals surface area contributed by atoms with Gasteiger partial charge in [0, 0.05) is 12.5 Å². The molecule has 1 aromatic carbocycles. The van der Waals surface area contributed by atoms with Crippen LogP contribution in [0.25, 0.3) is 11.3 Å². The highest BCUT2D eigenvalue weighted by atomic mass is 19.3. The lowest BCUT2D eigenvalue weighted by Crippen LogP contribution is -2.14. The number of nitrogens with zero attached hydrogens (tertiary/aromatic N) is 4. The number of nitrogens with one attached hydrogen (secondary N) is 1. The number of aromatic nitrogens is 4. The topological polar surface area (TPSA) is 99.0 Å². The summed E-state index contributed by atoms with van der Waals surface area (Å²) < 4.78 is 37.1. The van der Waals surface area contributed by atoms with Gasteiger partial charge in [-0.3, -0.25) is 4.79 Å². The van der Waals surface area contributed by atoms with Gasteiger partial charge in [-0.25, -0.2) is 4.98 Å². The van der Waals surface area contributed by atoms with Gasteiger partial charge in [0.2, 0.25) is 0 Å². The largest absolute Gasteiger partial charge is 0.458 e. The second-order valence-corrected chi connectivity index (χ2v) is 6.77. The van der Waals surface area contributed by atoms with Crippen molar-refractivity contribution in [1.82, 2.24) is 20.0 Å². The van der Waals surface area contributed by atoms with Gasteiger partial charge in [-0.05, 0) is 25.1 Å². The van der Waals surface area contributed by atoms with Crippen molar-refractivity contribution in [2.45, 2.75) is 26.3 Å². The molecule has 1 amide bonds. The van der Waals surface area contributed by atoms with Crippen LogP contribution in [0, 0.1) is 6.92 Å². The van der Waals surface area contributed by atoms with Crippen LogP contribution < -0.4 is 5.32 Å². The van der Waals surface area contributed by atoms with Crippen molar-refractivity contribution in [1.29, 1.82) is 0 Å². The molecule has 0 unspecified atom stereocenters. The molecule has 0 radical (unpaired) electrons. The Kier molecular flexibility index (Phi) is 4.90. The third-order valence-corrected chi connectivity index (χ3v) is 4.23. The van der Waals surface area contributed by atoms with Crippen molar-refractivity contribution in [3.05, 3.63) is 71.8 Å². The highest BCUT2D eigenvalue weighted by Crippen LogP contribution is 2.28. The molecule has 0 saturated carbocycles. The summed E-state index contributed by atoms with van der Waals surface area (Å²) in [6.07, 6.45) is 2.53. The van der Waals surface area contributed by atoms with Gasteiger partial charge in [0.05, 0.1) is 6.20 Å². The van der Waals surface area contributed by atoms with Crippen LogP contribution in [0.4, 0.5) is 14.6 Å². The maximum Gasteiger partial charge on any atom is 0.301 e. The normalized spacial score (nSPS) is 11.6. The minimum absolute atomic E-state index is 0.0322. The van der Waals surface area contributed by atoms with Crippen LogP contribution in [-0.2, 0) is 12.5 Å². The molecule has 0 saturated heterocycles. The van der Waals surface area contributed by atoms with Gasteiger partial charge in [0.25, 0.3) is 5.91 Å². The van der Waals surface area contributed by atoms with E-state index in [1.807, 2.05) is 31.2 Å². The Morgan fingerprint density at radius 2 is 2.10 bits per heavy atom. The molecule has 4 rings (SSSR count). The highest BCUT2D eigenvalue weighted by Gasteiger charge is 2.28. The number of carbonyl (C=O) groups excluding carboxylic acids is 1. The van der Waals surface area contributed by atoms with E-state index in [1.165, 1.54) is 29.5 Å². The van der Waals surface area contributed by atoms with Gasteiger partial charge in [-0.2, -0.15) is 18.7 Å². The second-order valence-electron chi connectivity index (χ2n) is 6.77. The number of anilines is 1. The predicted octanol–water partition coefficient (Wildman–Crippen LogP) is 4.25. The van der Waals surface area contributed by atoms with E-state index in [0.717, 1.165) is 18.1 Å². The van der Waals surface area contributed by atoms with E-state index < -0.39 is 17.6 Å². The molecule has 0 spiro atoms. The van der Waals surface area contributed by atoms with Crippen LogP contribution in [0.1, 0.15) is 34.5 Å². The SMILES string of the molecule is Cc1cccc(-c2ocnc2C(=O)Nc2cnn(Cc3ccc(C(C)(F)F)o3)n2)c1. The Morgan fingerprint density at radius 3 is 2.83 bits per heavy atom. The lowest BCUT2D eigenvalue weighted by Gasteiger charge is -2.05. The Balaban J connectivity index is 1.46. The number of amides is 1. The number of aryl methyl sites for hydroxylation is 1. The van der Waals surface area contributed by atoms with Gasteiger partial charge < -0.3 is 14.2 Å². The fourth-order valence-electron chi connectivity index (χ4n) is 2.84. The number of halogens is 2. The van der Waals surface area contributed by atoms with Crippen molar-refractivity contribution in [2.24, 2.45) is 0 Å². The predicted molar refractivity (Wildman–Crippen MR) is 102 cm³/mol. The fourth-order valence-corrected chi connectivity index (χ4v) is 2.84. The molecule has 0 bridgehead atoms. The molecule has 4 aromatic rings.